The second kappa shape index (κ2) is 9.61. The van der Waals surface area contributed by atoms with Crippen LogP contribution in [0.5, 0.6) is 0 Å². The molecule has 0 saturated heterocycles. The van der Waals surface area contributed by atoms with Crippen LogP contribution in [0.3, 0.4) is 0 Å². The van der Waals surface area contributed by atoms with Gasteiger partial charge in [-0.1, -0.05) is 13.8 Å². The number of carboxylic acid groups (broad SMARTS) is 1. The summed E-state index contributed by atoms with van der Waals surface area (Å²) in [6.45, 7) is 9.62. The highest BCUT2D eigenvalue weighted by Crippen LogP contribution is 2.00. The third kappa shape index (κ3) is 9.30. The molecule has 0 saturated carbocycles. The van der Waals surface area contributed by atoms with Gasteiger partial charge in [-0.15, -0.1) is 0 Å². The van der Waals surface area contributed by atoms with Gasteiger partial charge in [-0.05, 0) is 19.8 Å². The highest BCUT2D eigenvalue weighted by Gasteiger charge is 2.17. The third-order valence-corrected chi connectivity index (χ3v) is 2.42. The molecule has 0 atom stereocenters. The summed E-state index contributed by atoms with van der Waals surface area (Å²) in [5.74, 6) is -0.433. The Hall–Kier alpha value is -1.30. The monoisotopic (exact) mass is 274 g/mol. The van der Waals surface area contributed by atoms with E-state index in [-0.39, 0.29) is 25.0 Å². The molecule has 2 N–H and O–H groups in total. The number of nitrogens with one attached hydrogen (secondary N) is 1. The molecule has 0 bridgehead atoms. The third-order valence-electron chi connectivity index (χ3n) is 2.42. The van der Waals surface area contributed by atoms with Crippen LogP contribution in [0.15, 0.2) is 0 Å². The largest absolute Gasteiger partial charge is 0.481 e. The van der Waals surface area contributed by atoms with Crippen LogP contribution < -0.4 is 5.32 Å². The van der Waals surface area contributed by atoms with Crippen molar-refractivity contribution in [3.05, 3.63) is 0 Å². The number of rotatable bonds is 9. The average Bonchev–Trinajstić information content (AvgIpc) is 2.27. The van der Waals surface area contributed by atoms with E-state index in [1.807, 2.05) is 13.8 Å². The van der Waals surface area contributed by atoms with Gasteiger partial charge in [-0.3, -0.25) is 4.79 Å². The highest BCUT2D eigenvalue weighted by atomic mass is 16.5. The van der Waals surface area contributed by atoms with Crippen molar-refractivity contribution in [1.29, 1.82) is 0 Å². The number of urea groups is 1. The fourth-order valence-electron chi connectivity index (χ4n) is 1.46. The molecule has 0 spiro atoms. The minimum Gasteiger partial charge on any atom is -0.481 e. The molecule has 6 nitrogen and oxygen atoms in total. The number of hydrogen-bond donors (Lipinski definition) is 2. The minimum absolute atomic E-state index is 0.0315. The molecule has 19 heavy (non-hydrogen) atoms. The average molecular weight is 274 g/mol. The SMILES string of the molecule is CC(C)COCCNC(=O)N(CCC(=O)O)C(C)C. The Morgan fingerprint density at radius 2 is 1.89 bits per heavy atom. The van der Waals surface area contributed by atoms with Gasteiger partial charge < -0.3 is 20.1 Å². The van der Waals surface area contributed by atoms with E-state index < -0.39 is 5.97 Å². The van der Waals surface area contributed by atoms with Crippen molar-refractivity contribution in [2.24, 2.45) is 5.92 Å². The lowest BCUT2D eigenvalue weighted by atomic mass is 10.2. The molecule has 0 rings (SSSR count). The van der Waals surface area contributed by atoms with E-state index in [4.69, 9.17) is 9.84 Å². The number of carboxylic acids is 1. The van der Waals surface area contributed by atoms with Crippen molar-refractivity contribution in [3.63, 3.8) is 0 Å². The Balaban J connectivity index is 3.94. The first-order valence-electron chi connectivity index (χ1n) is 6.68. The molecule has 0 fully saturated rings. The predicted molar refractivity (Wildman–Crippen MR) is 73.2 cm³/mol. The van der Waals surface area contributed by atoms with Crippen LogP contribution in [0.1, 0.15) is 34.1 Å². The second-order valence-electron chi connectivity index (χ2n) is 5.13. The minimum atomic E-state index is -0.904. The summed E-state index contributed by atoms with van der Waals surface area (Å²) in [5.41, 5.74) is 0. The van der Waals surface area contributed by atoms with E-state index in [0.29, 0.717) is 25.7 Å². The van der Waals surface area contributed by atoms with Crippen molar-refractivity contribution in [2.45, 2.75) is 40.2 Å². The maximum absolute atomic E-state index is 11.9. The molecule has 6 heteroatoms. The lowest BCUT2D eigenvalue weighted by Gasteiger charge is -2.26. The van der Waals surface area contributed by atoms with E-state index in [2.05, 4.69) is 19.2 Å². The smallest absolute Gasteiger partial charge is 0.317 e. The van der Waals surface area contributed by atoms with Crippen molar-refractivity contribution in [1.82, 2.24) is 10.2 Å². The summed E-state index contributed by atoms with van der Waals surface area (Å²) >= 11 is 0. The van der Waals surface area contributed by atoms with E-state index in [0.717, 1.165) is 0 Å². The second-order valence-corrected chi connectivity index (χ2v) is 5.13. The van der Waals surface area contributed by atoms with Crippen LogP contribution >= 0.6 is 0 Å². The fourth-order valence-corrected chi connectivity index (χ4v) is 1.46. The van der Waals surface area contributed by atoms with Gasteiger partial charge in [0.15, 0.2) is 0 Å². The van der Waals surface area contributed by atoms with Crippen molar-refractivity contribution in [2.75, 3.05) is 26.3 Å². The molecule has 0 aliphatic rings. The van der Waals surface area contributed by atoms with Crippen LogP contribution in [-0.4, -0.2) is 54.4 Å². The van der Waals surface area contributed by atoms with E-state index in [1.54, 1.807) is 0 Å². The Bertz CT molecular complexity index is 280. The van der Waals surface area contributed by atoms with Crippen LogP contribution in [0.25, 0.3) is 0 Å². The first kappa shape index (κ1) is 17.7. The number of ether oxygens (including phenoxy) is 1. The molecule has 0 unspecified atom stereocenters. The first-order chi connectivity index (χ1) is 8.84. The number of amides is 2. The lowest BCUT2D eigenvalue weighted by molar-refractivity contribution is -0.137. The molecule has 0 aliphatic carbocycles. The van der Waals surface area contributed by atoms with Crippen LogP contribution in [-0.2, 0) is 9.53 Å². The Morgan fingerprint density at radius 3 is 2.37 bits per heavy atom. The van der Waals surface area contributed by atoms with E-state index in [1.165, 1.54) is 4.90 Å². The zero-order valence-electron chi connectivity index (χ0n) is 12.3. The summed E-state index contributed by atoms with van der Waals surface area (Å²) < 4.78 is 5.36. The summed E-state index contributed by atoms with van der Waals surface area (Å²) in [5, 5.41) is 11.4. The van der Waals surface area contributed by atoms with Crippen LogP contribution in [0.2, 0.25) is 0 Å². The Labute approximate surface area is 115 Å². The Morgan fingerprint density at radius 1 is 1.26 bits per heavy atom. The normalized spacial score (nSPS) is 10.8. The molecule has 0 aromatic heterocycles. The van der Waals surface area contributed by atoms with Gasteiger partial charge in [-0.2, -0.15) is 0 Å². The number of carbonyl (C=O) groups excluding carboxylic acids is 1. The molecule has 0 radical (unpaired) electrons. The number of nitrogens with zero attached hydrogens (tertiary/aromatic N) is 1. The van der Waals surface area contributed by atoms with Crippen LogP contribution in [0.4, 0.5) is 4.79 Å². The zero-order valence-corrected chi connectivity index (χ0v) is 12.3. The molecule has 112 valence electrons. The maximum Gasteiger partial charge on any atom is 0.317 e. The van der Waals surface area contributed by atoms with E-state index >= 15 is 0 Å². The van der Waals surface area contributed by atoms with Gasteiger partial charge in [-0.25, -0.2) is 4.79 Å². The Kier molecular flexibility index (Phi) is 8.95. The maximum atomic E-state index is 11.9. The molecular formula is C13H26N2O4. The molecule has 0 aliphatic heterocycles. The summed E-state index contributed by atoms with van der Waals surface area (Å²) in [6, 6.07) is -0.277. The topological polar surface area (TPSA) is 78.9 Å². The number of aliphatic carboxylic acids is 1. The quantitative estimate of drug-likeness (QED) is 0.625. The van der Waals surface area contributed by atoms with Gasteiger partial charge in [0.25, 0.3) is 0 Å². The van der Waals surface area contributed by atoms with Gasteiger partial charge in [0.2, 0.25) is 0 Å². The van der Waals surface area contributed by atoms with Gasteiger partial charge >= 0.3 is 12.0 Å². The molecule has 0 aromatic rings. The number of carbonyl (C=O) groups is 2. The molecule has 0 aromatic carbocycles. The molecule has 2 amide bonds. The fraction of sp³-hybridized carbons (Fsp3) is 0.846. The van der Waals surface area contributed by atoms with Crippen LogP contribution in [0, 0.1) is 5.92 Å². The summed E-state index contributed by atoms with van der Waals surface area (Å²) in [4.78, 5) is 23.9. The van der Waals surface area contributed by atoms with Crippen molar-refractivity contribution in [3.8, 4) is 0 Å². The zero-order chi connectivity index (χ0) is 14.8. The molecule has 0 heterocycles. The standard InChI is InChI=1S/C13H26N2O4/c1-10(2)9-19-8-6-14-13(18)15(11(3)4)7-5-12(16)17/h10-11H,5-9H2,1-4H3,(H,14,18)(H,16,17). The van der Waals surface area contributed by atoms with Crippen molar-refractivity contribution < 1.29 is 19.4 Å². The van der Waals surface area contributed by atoms with E-state index in [9.17, 15) is 9.59 Å². The van der Waals surface area contributed by atoms with Crippen molar-refractivity contribution >= 4 is 12.0 Å². The summed E-state index contributed by atoms with van der Waals surface area (Å²) in [7, 11) is 0. The van der Waals surface area contributed by atoms with Gasteiger partial charge in [0.05, 0.1) is 13.0 Å². The van der Waals surface area contributed by atoms with Gasteiger partial charge in [0.1, 0.15) is 0 Å². The van der Waals surface area contributed by atoms with Gasteiger partial charge in [0, 0.05) is 25.7 Å². The highest BCUT2D eigenvalue weighted by molar-refractivity contribution is 5.75. The lowest BCUT2D eigenvalue weighted by Crippen LogP contribution is -2.45. The first-order valence-corrected chi connectivity index (χ1v) is 6.68. The predicted octanol–water partition coefficient (Wildman–Crippen LogP) is 1.55. The summed E-state index contributed by atoms with van der Waals surface area (Å²) in [6.07, 6.45) is -0.0462. The molecular weight excluding hydrogens is 248 g/mol. The number of hydrogen-bond acceptors (Lipinski definition) is 3.